The molecule has 0 unspecified atom stereocenters. The third-order valence-electron chi connectivity index (χ3n) is 3.89. The van der Waals surface area contributed by atoms with Gasteiger partial charge in [-0.3, -0.25) is 0 Å². The number of nitrogens with zero attached hydrogens (tertiary/aromatic N) is 2. The molecule has 1 aliphatic carbocycles. The molecular formula is C17H20N4O2. The van der Waals surface area contributed by atoms with E-state index in [0.29, 0.717) is 12.6 Å². The van der Waals surface area contributed by atoms with Crippen LogP contribution in [0, 0.1) is 0 Å². The van der Waals surface area contributed by atoms with Crippen molar-refractivity contribution in [2.24, 2.45) is 0 Å². The summed E-state index contributed by atoms with van der Waals surface area (Å²) in [6.07, 6.45) is 4.74. The van der Waals surface area contributed by atoms with Crippen LogP contribution in [0.3, 0.4) is 0 Å². The van der Waals surface area contributed by atoms with Crippen LogP contribution in [0.25, 0.3) is 0 Å². The lowest BCUT2D eigenvalue weighted by Gasteiger charge is -2.36. The number of benzene rings is 1. The zero-order valence-electron chi connectivity index (χ0n) is 12.8. The summed E-state index contributed by atoms with van der Waals surface area (Å²) in [5.74, 6) is 0. The van der Waals surface area contributed by atoms with Crippen molar-refractivity contribution in [1.82, 2.24) is 20.6 Å². The number of aromatic nitrogens is 2. The van der Waals surface area contributed by atoms with Crippen molar-refractivity contribution in [3.8, 4) is 0 Å². The first-order valence-corrected chi connectivity index (χ1v) is 7.75. The third kappa shape index (κ3) is 4.75. The van der Waals surface area contributed by atoms with Crippen molar-refractivity contribution in [2.75, 3.05) is 0 Å². The van der Waals surface area contributed by atoms with E-state index in [0.717, 1.165) is 30.6 Å². The third-order valence-corrected chi connectivity index (χ3v) is 3.89. The van der Waals surface area contributed by atoms with Gasteiger partial charge in [0.2, 0.25) is 0 Å². The van der Waals surface area contributed by atoms with Crippen molar-refractivity contribution < 1.29 is 9.53 Å². The van der Waals surface area contributed by atoms with Crippen molar-refractivity contribution in [1.29, 1.82) is 0 Å². The van der Waals surface area contributed by atoms with Gasteiger partial charge in [-0.25, -0.2) is 14.8 Å². The average Bonchev–Trinajstić information content (AvgIpc) is 2.57. The van der Waals surface area contributed by atoms with Crippen molar-refractivity contribution in [2.45, 2.75) is 38.1 Å². The first-order chi connectivity index (χ1) is 11.3. The van der Waals surface area contributed by atoms with Gasteiger partial charge in [-0.1, -0.05) is 30.3 Å². The van der Waals surface area contributed by atoms with E-state index in [1.807, 2.05) is 36.4 Å². The monoisotopic (exact) mass is 312 g/mol. The lowest BCUT2D eigenvalue weighted by molar-refractivity contribution is 0.125. The number of carbonyl (C=O) groups excluding carboxylic acids is 1. The largest absolute Gasteiger partial charge is 0.445 e. The molecule has 1 fully saturated rings. The quantitative estimate of drug-likeness (QED) is 0.853. The fourth-order valence-corrected chi connectivity index (χ4v) is 2.51. The molecule has 120 valence electrons. The highest BCUT2D eigenvalue weighted by Gasteiger charge is 2.30. The molecule has 0 radical (unpaired) electrons. The number of rotatable bonds is 6. The number of hydrogen-bond donors (Lipinski definition) is 2. The second-order valence-electron chi connectivity index (χ2n) is 5.65. The molecular weight excluding hydrogens is 292 g/mol. The van der Waals surface area contributed by atoms with E-state index in [2.05, 4.69) is 20.6 Å². The normalized spacial score (nSPS) is 19.7. The number of alkyl carbamates (subject to hydrolysis) is 1. The van der Waals surface area contributed by atoms with Crippen LogP contribution >= 0.6 is 0 Å². The van der Waals surface area contributed by atoms with E-state index in [4.69, 9.17) is 4.74 Å². The molecule has 1 aromatic carbocycles. The van der Waals surface area contributed by atoms with Crippen molar-refractivity contribution in [3.05, 3.63) is 60.2 Å². The SMILES string of the molecule is O=C(NC1CC(NCc2ccncn2)C1)OCc1ccccc1. The van der Waals surface area contributed by atoms with E-state index < -0.39 is 0 Å². The predicted molar refractivity (Wildman–Crippen MR) is 85.4 cm³/mol. The molecule has 23 heavy (non-hydrogen) atoms. The average molecular weight is 312 g/mol. The van der Waals surface area contributed by atoms with Crippen LogP contribution in [0.2, 0.25) is 0 Å². The van der Waals surface area contributed by atoms with Crippen molar-refractivity contribution >= 4 is 6.09 Å². The molecule has 1 aliphatic rings. The maximum absolute atomic E-state index is 11.7. The Morgan fingerprint density at radius 1 is 1.17 bits per heavy atom. The van der Waals surface area contributed by atoms with Crippen LogP contribution in [0.1, 0.15) is 24.1 Å². The lowest BCUT2D eigenvalue weighted by atomic mass is 9.87. The van der Waals surface area contributed by atoms with E-state index in [-0.39, 0.29) is 12.1 Å². The van der Waals surface area contributed by atoms with Crippen LogP contribution in [0.5, 0.6) is 0 Å². The minimum Gasteiger partial charge on any atom is -0.445 e. The second kappa shape index (κ2) is 7.69. The van der Waals surface area contributed by atoms with Crippen LogP contribution < -0.4 is 10.6 Å². The van der Waals surface area contributed by atoms with Gasteiger partial charge in [0.05, 0.1) is 5.69 Å². The molecule has 0 atom stereocenters. The Morgan fingerprint density at radius 2 is 2.00 bits per heavy atom. The van der Waals surface area contributed by atoms with E-state index in [9.17, 15) is 4.79 Å². The van der Waals surface area contributed by atoms with Gasteiger partial charge in [0.25, 0.3) is 0 Å². The Morgan fingerprint density at radius 3 is 2.74 bits per heavy atom. The minimum atomic E-state index is -0.354. The van der Waals surface area contributed by atoms with Gasteiger partial charge in [-0.05, 0) is 24.5 Å². The van der Waals surface area contributed by atoms with Gasteiger partial charge >= 0.3 is 6.09 Å². The Hall–Kier alpha value is -2.47. The Labute approximate surface area is 135 Å². The maximum Gasteiger partial charge on any atom is 0.407 e. The standard InChI is InChI=1S/C17H20N4O2/c22-17(23-11-13-4-2-1-3-5-13)21-16-8-15(9-16)19-10-14-6-7-18-12-20-14/h1-7,12,15-16,19H,8-11H2,(H,21,22). The first kappa shape index (κ1) is 15.4. The molecule has 2 N–H and O–H groups in total. The number of hydrogen-bond acceptors (Lipinski definition) is 5. The molecule has 0 bridgehead atoms. The summed E-state index contributed by atoms with van der Waals surface area (Å²) in [4.78, 5) is 19.8. The molecule has 1 saturated carbocycles. The summed E-state index contributed by atoms with van der Waals surface area (Å²) in [6.45, 7) is 1.02. The van der Waals surface area contributed by atoms with Gasteiger partial charge in [-0.15, -0.1) is 0 Å². The number of nitrogens with one attached hydrogen (secondary N) is 2. The molecule has 0 aliphatic heterocycles. The first-order valence-electron chi connectivity index (χ1n) is 7.75. The topological polar surface area (TPSA) is 76.1 Å². The fraction of sp³-hybridized carbons (Fsp3) is 0.353. The lowest BCUT2D eigenvalue weighted by Crippen LogP contribution is -2.52. The summed E-state index contributed by atoms with van der Waals surface area (Å²) < 4.78 is 5.21. The molecule has 6 nitrogen and oxygen atoms in total. The molecule has 1 amide bonds. The molecule has 3 rings (SSSR count). The molecule has 0 saturated heterocycles. The number of ether oxygens (including phenoxy) is 1. The summed E-state index contributed by atoms with van der Waals surface area (Å²) >= 11 is 0. The predicted octanol–water partition coefficient (Wildman–Crippen LogP) is 2.02. The molecule has 1 aromatic heterocycles. The number of amides is 1. The number of carbonyl (C=O) groups is 1. The van der Waals surface area contributed by atoms with Crippen molar-refractivity contribution in [3.63, 3.8) is 0 Å². The zero-order valence-corrected chi connectivity index (χ0v) is 12.8. The highest BCUT2D eigenvalue weighted by Crippen LogP contribution is 2.20. The van der Waals surface area contributed by atoms with Crippen LogP contribution in [0.4, 0.5) is 4.79 Å². The summed E-state index contributed by atoms with van der Waals surface area (Å²) in [7, 11) is 0. The molecule has 2 aromatic rings. The Kier molecular flexibility index (Phi) is 5.16. The summed E-state index contributed by atoms with van der Waals surface area (Å²) in [5.41, 5.74) is 1.96. The summed E-state index contributed by atoms with van der Waals surface area (Å²) in [5, 5.41) is 6.30. The van der Waals surface area contributed by atoms with Gasteiger partial charge < -0.3 is 15.4 Å². The Balaban J connectivity index is 1.30. The van der Waals surface area contributed by atoms with Gasteiger partial charge in [0.15, 0.2) is 0 Å². The maximum atomic E-state index is 11.7. The molecule has 0 spiro atoms. The van der Waals surface area contributed by atoms with Gasteiger partial charge in [-0.2, -0.15) is 0 Å². The smallest absolute Gasteiger partial charge is 0.407 e. The van der Waals surface area contributed by atoms with E-state index in [1.54, 1.807) is 12.5 Å². The molecule has 6 heteroatoms. The van der Waals surface area contributed by atoms with E-state index >= 15 is 0 Å². The second-order valence-corrected chi connectivity index (χ2v) is 5.65. The highest BCUT2D eigenvalue weighted by molar-refractivity contribution is 5.67. The van der Waals surface area contributed by atoms with Gasteiger partial charge in [0, 0.05) is 24.8 Å². The fourth-order valence-electron chi connectivity index (χ4n) is 2.51. The van der Waals surface area contributed by atoms with Crippen LogP contribution in [-0.4, -0.2) is 28.1 Å². The van der Waals surface area contributed by atoms with E-state index in [1.165, 1.54) is 0 Å². The zero-order chi connectivity index (χ0) is 15.9. The molecule has 1 heterocycles. The summed E-state index contributed by atoms with van der Waals surface area (Å²) in [6, 6.07) is 12.1. The minimum absolute atomic E-state index is 0.182. The Bertz CT molecular complexity index is 615. The van der Waals surface area contributed by atoms with Crippen LogP contribution in [-0.2, 0) is 17.9 Å². The van der Waals surface area contributed by atoms with Crippen LogP contribution in [0.15, 0.2) is 48.9 Å². The highest BCUT2D eigenvalue weighted by atomic mass is 16.5. The van der Waals surface area contributed by atoms with Gasteiger partial charge in [0.1, 0.15) is 12.9 Å².